The number of benzene rings is 2. The van der Waals surface area contributed by atoms with Crippen LogP contribution in [0.2, 0.25) is 20.1 Å². The Morgan fingerprint density at radius 2 is 1.07 bits per heavy atom. The van der Waals surface area contributed by atoms with Crippen LogP contribution in [0.3, 0.4) is 0 Å². The van der Waals surface area contributed by atoms with Crippen LogP contribution in [0, 0.1) is 11.8 Å². The molecule has 1 aliphatic rings. The van der Waals surface area contributed by atoms with E-state index < -0.39 is 0 Å². The van der Waals surface area contributed by atoms with Crippen molar-refractivity contribution in [3.8, 4) is 0 Å². The molecule has 2 aromatic carbocycles. The average Bonchev–Trinajstić information content (AvgIpc) is 2.67. The average molecular weight is 460 g/mol. The third-order valence-corrected chi connectivity index (χ3v) is 6.90. The first-order valence-electron chi connectivity index (χ1n) is 9.81. The Balaban J connectivity index is 1.41. The van der Waals surface area contributed by atoms with Crippen molar-refractivity contribution in [3.63, 3.8) is 0 Å². The van der Waals surface area contributed by atoms with E-state index in [-0.39, 0.29) is 0 Å². The van der Waals surface area contributed by atoms with E-state index >= 15 is 0 Å². The molecule has 0 bridgehead atoms. The molecular weight excluding hydrogens is 434 g/mol. The molecule has 0 spiro atoms. The maximum absolute atomic E-state index is 6.25. The van der Waals surface area contributed by atoms with E-state index in [0.717, 1.165) is 44.3 Å². The molecule has 28 heavy (non-hydrogen) atoms. The lowest BCUT2D eigenvalue weighted by Gasteiger charge is -2.29. The van der Waals surface area contributed by atoms with E-state index in [1.807, 2.05) is 36.4 Å². The maximum atomic E-state index is 6.25. The van der Waals surface area contributed by atoms with Crippen molar-refractivity contribution in [2.24, 2.45) is 11.8 Å². The zero-order valence-corrected chi connectivity index (χ0v) is 18.8. The Labute approximate surface area is 187 Å². The fraction of sp³-hybridized carbons (Fsp3) is 0.455. The zero-order valence-electron chi connectivity index (χ0n) is 15.8. The van der Waals surface area contributed by atoms with Crippen LogP contribution in [0.4, 0.5) is 0 Å². The molecule has 2 unspecified atom stereocenters. The minimum Gasteiger partial charge on any atom is -0.312 e. The molecule has 0 saturated heterocycles. The molecule has 2 aromatic rings. The van der Waals surface area contributed by atoms with Crippen LogP contribution in [-0.4, -0.2) is 13.1 Å². The summed E-state index contributed by atoms with van der Waals surface area (Å²) in [6.07, 6.45) is 5.05. The number of nitrogens with one attached hydrogen (secondary N) is 2. The van der Waals surface area contributed by atoms with Crippen molar-refractivity contribution in [2.75, 3.05) is 13.1 Å². The molecule has 0 amide bonds. The molecule has 1 fully saturated rings. The molecule has 3 rings (SSSR count). The largest absolute Gasteiger partial charge is 0.312 e. The number of hydrogen-bond acceptors (Lipinski definition) is 2. The Morgan fingerprint density at radius 3 is 1.46 bits per heavy atom. The van der Waals surface area contributed by atoms with E-state index in [1.54, 1.807) is 0 Å². The predicted octanol–water partition coefficient (Wildman–Crippen LogP) is 6.99. The molecular formula is C22H26Cl4N2. The Kier molecular flexibility index (Phi) is 8.77. The van der Waals surface area contributed by atoms with E-state index in [2.05, 4.69) is 10.6 Å². The lowest BCUT2D eigenvalue weighted by Crippen LogP contribution is -2.31. The van der Waals surface area contributed by atoms with Crippen LogP contribution in [-0.2, 0) is 13.1 Å². The first kappa shape index (κ1) is 22.2. The smallest absolute Gasteiger partial charge is 0.0465 e. The minimum atomic E-state index is 0.686. The third-order valence-electron chi connectivity index (χ3n) is 5.48. The van der Waals surface area contributed by atoms with Crippen molar-refractivity contribution in [3.05, 3.63) is 67.6 Å². The lowest BCUT2D eigenvalue weighted by molar-refractivity contribution is 0.252. The van der Waals surface area contributed by atoms with Gasteiger partial charge < -0.3 is 10.6 Å². The van der Waals surface area contributed by atoms with Crippen LogP contribution < -0.4 is 10.6 Å². The van der Waals surface area contributed by atoms with Crippen molar-refractivity contribution < 1.29 is 0 Å². The summed E-state index contributed by atoms with van der Waals surface area (Å²) in [7, 11) is 0. The minimum absolute atomic E-state index is 0.686. The second-order valence-electron chi connectivity index (χ2n) is 7.56. The second-order valence-corrected chi connectivity index (χ2v) is 9.19. The van der Waals surface area contributed by atoms with E-state index in [1.165, 1.54) is 25.7 Å². The second kappa shape index (κ2) is 11.1. The molecule has 1 aliphatic carbocycles. The van der Waals surface area contributed by atoms with E-state index in [9.17, 15) is 0 Å². The fourth-order valence-corrected chi connectivity index (χ4v) is 5.04. The van der Waals surface area contributed by atoms with Gasteiger partial charge >= 0.3 is 0 Å². The van der Waals surface area contributed by atoms with E-state index in [4.69, 9.17) is 46.4 Å². The zero-order chi connectivity index (χ0) is 19.9. The van der Waals surface area contributed by atoms with Crippen LogP contribution in [0.25, 0.3) is 0 Å². The van der Waals surface area contributed by atoms with Gasteiger partial charge in [-0.3, -0.25) is 0 Å². The summed E-state index contributed by atoms with van der Waals surface area (Å²) < 4.78 is 0. The van der Waals surface area contributed by atoms with Crippen LogP contribution in [0.15, 0.2) is 36.4 Å². The molecule has 1 saturated carbocycles. The highest BCUT2D eigenvalue weighted by molar-refractivity contribution is 6.36. The number of rotatable bonds is 8. The SMILES string of the molecule is Clc1cccc(Cl)c1CNCC1CCCC(CNCc2c(Cl)cccc2Cl)C1. The Bertz CT molecular complexity index is 677. The van der Waals surface area contributed by atoms with Crippen molar-refractivity contribution in [1.29, 1.82) is 0 Å². The van der Waals surface area contributed by atoms with Gasteiger partial charge in [-0.15, -0.1) is 0 Å². The van der Waals surface area contributed by atoms with Gasteiger partial charge in [0.15, 0.2) is 0 Å². The predicted molar refractivity (Wildman–Crippen MR) is 122 cm³/mol. The van der Waals surface area contributed by atoms with Gasteiger partial charge in [0.25, 0.3) is 0 Å². The van der Waals surface area contributed by atoms with Gasteiger partial charge in [0.1, 0.15) is 0 Å². The maximum Gasteiger partial charge on any atom is 0.0465 e. The topological polar surface area (TPSA) is 24.1 Å². The Morgan fingerprint density at radius 1 is 0.679 bits per heavy atom. The monoisotopic (exact) mass is 458 g/mol. The molecule has 6 heteroatoms. The third kappa shape index (κ3) is 6.26. The summed E-state index contributed by atoms with van der Waals surface area (Å²) in [5, 5.41) is 10.00. The molecule has 0 aromatic heterocycles. The van der Waals surface area contributed by atoms with Crippen molar-refractivity contribution in [2.45, 2.75) is 38.8 Å². The molecule has 2 nitrogen and oxygen atoms in total. The highest BCUT2D eigenvalue weighted by Gasteiger charge is 2.22. The summed E-state index contributed by atoms with van der Waals surface area (Å²) in [6, 6.07) is 11.3. The van der Waals surface area contributed by atoms with Gasteiger partial charge in [-0.1, -0.05) is 65.0 Å². The molecule has 0 heterocycles. The van der Waals surface area contributed by atoms with Crippen molar-refractivity contribution in [1.82, 2.24) is 10.6 Å². The summed E-state index contributed by atoms with van der Waals surface area (Å²) in [6.45, 7) is 3.41. The molecule has 2 atom stereocenters. The van der Waals surface area contributed by atoms with Gasteiger partial charge in [-0.25, -0.2) is 0 Å². The highest BCUT2D eigenvalue weighted by Crippen LogP contribution is 2.30. The van der Waals surface area contributed by atoms with Crippen LogP contribution >= 0.6 is 46.4 Å². The standard InChI is InChI=1S/C22H26Cl4N2/c23-19-6-2-7-20(24)17(19)13-27-11-15-4-1-5-16(10-15)12-28-14-18-21(25)8-3-9-22(18)26/h2-3,6-9,15-16,27-28H,1,4-5,10-14H2. The normalized spacial score (nSPS) is 19.7. The quantitative estimate of drug-likeness (QED) is 0.444. The molecule has 152 valence electrons. The van der Waals surface area contributed by atoms with Gasteiger partial charge in [0.2, 0.25) is 0 Å². The van der Waals surface area contributed by atoms with E-state index in [0.29, 0.717) is 24.9 Å². The van der Waals surface area contributed by atoms with Gasteiger partial charge in [0.05, 0.1) is 0 Å². The first-order valence-corrected chi connectivity index (χ1v) is 11.3. The number of halogens is 4. The summed E-state index contributed by atoms with van der Waals surface area (Å²) in [4.78, 5) is 0. The van der Waals surface area contributed by atoms with Crippen LogP contribution in [0.1, 0.15) is 36.8 Å². The van der Waals surface area contributed by atoms with Crippen LogP contribution in [0.5, 0.6) is 0 Å². The van der Waals surface area contributed by atoms with Gasteiger partial charge in [-0.2, -0.15) is 0 Å². The lowest BCUT2D eigenvalue weighted by atomic mass is 9.81. The molecule has 0 aliphatic heterocycles. The summed E-state index contributed by atoms with van der Waals surface area (Å²) in [5.41, 5.74) is 1.97. The number of hydrogen-bond donors (Lipinski definition) is 2. The molecule has 0 radical (unpaired) electrons. The van der Waals surface area contributed by atoms with Crippen molar-refractivity contribution >= 4 is 46.4 Å². The summed E-state index contributed by atoms with van der Waals surface area (Å²) >= 11 is 25.0. The first-order chi connectivity index (χ1) is 13.5. The molecule has 2 N–H and O–H groups in total. The van der Waals surface area contributed by atoms with Gasteiger partial charge in [0, 0.05) is 44.3 Å². The van der Waals surface area contributed by atoms with Gasteiger partial charge in [-0.05, 0) is 68.5 Å². The summed E-state index contributed by atoms with van der Waals surface area (Å²) in [5.74, 6) is 1.37. The Hall–Kier alpha value is -0.480. The highest BCUT2D eigenvalue weighted by atomic mass is 35.5. The fourth-order valence-electron chi connectivity index (χ4n) is 3.98.